The highest BCUT2D eigenvalue weighted by Crippen LogP contribution is 2.33. The first-order chi connectivity index (χ1) is 11.4. The van der Waals surface area contributed by atoms with Gasteiger partial charge in [-0.2, -0.15) is 0 Å². The Morgan fingerprint density at radius 1 is 0.565 bits per heavy atom. The second kappa shape index (κ2) is 5.69. The molecule has 0 fully saturated rings. The van der Waals surface area contributed by atoms with Gasteiger partial charge in [-0.3, -0.25) is 0 Å². The summed E-state index contributed by atoms with van der Waals surface area (Å²) in [6.45, 7) is 0. The summed E-state index contributed by atoms with van der Waals surface area (Å²) >= 11 is 0. The predicted octanol–water partition coefficient (Wildman–Crippen LogP) is 6.35. The van der Waals surface area contributed by atoms with E-state index < -0.39 is 0 Å². The first kappa shape index (κ1) is 13.7. The van der Waals surface area contributed by atoms with Gasteiger partial charge in [0.1, 0.15) is 0 Å². The highest BCUT2D eigenvalue weighted by atomic mass is 19.1. The van der Waals surface area contributed by atoms with E-state index in [2.05, 4.69) is 24.3 Å². The summed E-state index contributed by atoms with van der Waals surface area (Å²) < 4.78 is 13.9. The third-order valence-electron chi connectivity index (χ3n) is 4.27. The van der Waals surface area contributed by atoms with Gasteiger partial charge >= 0.3 is 0 Å². The van der Waals surface area contributed by atoms with Crippen LogP contribution in [0.2, 0.25) is 0 Å². The van der Waals surface area contributed by atoms with Crippen LogP contribution < -0.4 is 0 Å². The lowest BCUT2D eigenvalue weighted by Crippen LogP contribution is -1.91. The minimum Gasteiger partial charge on any atom is -0.215 e. The zero-order valence-electron chi connectivity index (χ0n) is 12.5. The fourth-order valence-corrected chi connectivity index (χ4v) is 3.18. The van der Waals surface area contributed by atoms with E-state index in [1.165, 1.54) is 0 Å². The van der Waals surface area contributed by atoms with E-state index in [1.807, 2.05) is 60.7 Å². The van der Waals surface area contributed by atoms with Crippen LogP contribution in [0.1, 0.15) is 11.1 Å². The second-order valence-electron chi connectivity index (χ2n) is 5.58. The van der Waals surface area contributed by atoms with Crippen molar-refractivity contribution in [2.24, 2.45) is 0 Å². The molecule has 0 aliphatic carbocycles. The maximum absolute atomic E-state index is 13.9. The lowest BCUT2D eigenvalue weighted by Gasteiger charge is -2.12. The van der Waals surface area contributed by atoms with Crippen molar-refractivity contribution in [3.63, 3.8) is 0 Å². The quantitative estimate of drug-likeness (QED) is 0.404. The van der Waals surface area contributed by atoms with Crippen molar-refractivity contribution in [1.29, 1.82) is 0 Å². The number of fused-ring (bicyclic) bond motifs is 2. The fourth-order valence-electron chi connectivity index (χ4n) is 3.18. The van der Waals surface area contributed by atoms with Gasteiger partial charge in [-0.05, 0) is 32.7 Å². The Morgan fingerprint density at radius 3 is 1.48 bits per heavy atom. The van der Waals surface area contributed by atoms with Gasteiger partial charge in [0, 0.05) is 5.57 Å². The molecular formula is C22H15F. The van der Waals surface area contributed by atoms with E-state index in [9.17, 15) is 4.39 Å². The van der Waals surface area contributed by atoms with E-state index in [0.717, 1.165) is 39.0 Å². The van der Waals surface area contributed by atoms with E-state index >= 15 is 0 Å². The van der Waals surface area contributed by atoms with Gasteiger partial charge in [0.25, 0.3) is 0 Å². The maximum atomic E-state index is 13.9. The van der Waals surface area contributed by atoms with Gasteiger partial charge < -0.3 is 0 Å². The highest BCUT2D eigenvalue weighted by molar-refractivity contribution is 6.03. The van der Waals surface area contributed by atoms with Crippen molar-refractivity contribution in [1.82, 2.24) is 0 Å². The summed E-state index contributed by atoms with van der Waals surface area (Å²) in [6.07, 6.45) is 0.726. The first-order valence-electron chi connectivity index (χ1n) is 7.65. The van der Waals surface area contributed by atoms with Gasteiger partial charge in [0.2, 0.25) is 0 Å². The van der Waals surface area contributed by atoms with Crippen molar-refractivity contribution >= 4 is 27.1 Å². The molecule has 0 aliphatic rings. The fraction of sp³-hybridized carbons (Fsp3) is 0. The predicted molar refractivity (Wildman–Crippen MR) is 96.1 cm³/mol. The minimum atomic E-state index is 0.624. The molecule has 0 saturated heterocycles. The Hall–Kier alpha value is -2.93. The molecule has 0 unspecified atom stereocenters. The Morgan fingerprint density at radius 2 is 1.00 bits per heavy atom. The van der Waals surface area contributed by atoms with Crippen LogP contribution in [-0.4, -0.2) is 0 Å². The number of halogens is 1. The summed E-state index contributed by atoms with van der Waals surface area (Å²) in [5.41, 5.74) is 2.46. The molecule has 0 bridgehead atoms. The monoisotopic (exact) mass is 298 g/mol. The van der Waals surface area contributed by atoms with Crippen LogP contribution in [0.25, 0.3) is 27.1 Å². The van der Waals surface area contributed by atoms with Gasteiger partial charge in [0.15, 0.2) is 0 Å². The summed E-state index contributed by atoms with van der Waals surface area (Å²) in [5, 5.41) is 4.35. The third-order valence-corrected chi connectivity index (χ3v) is 4.27. The van der Waals surface area contributed by atoms with Gasteiger partial charge in [0.05, 0.1) is 6.33 Å². The minimum absolute atomic E-state index is 0.624. The van der Waals surface area contributed by atoms with E-state index in [-0.39, 0.29) is 0 Å². The lowest BCUT2D eigenvalue weighted by molar-refractivity contribution is 0.724. The molecule has 4 rings (SSSR count). The SMILES string of the molecule is FC=C(c1cccc2ccccc12)c1cccc2ccccc12. The maximum Gasteiger partial charge on any atom is 0.0951 e. The van der Waals surface area contributed by atoms with Crippen LogP contribution in [0.4, 0.5) is 4.39 Å². The average molecular weight is 298 g/mol. The van der Waals surface area contributed by atoms with Crippen LogP contribution in [0.15, 0.2) is 91.3 Å². The highest BCUT2D eigenvalue weighted by Gasteiger charge is 2.11. The number of hydrogen-bond acceptors (Lipinski definition) is 0. The molecule has 0 aliphatic heterocycles. The van der Waals surface area contributed by atoms with Crippen LogP contribution in [0.3, 0.4) is 0 Å². The molecule has 0 nitrogen and oxygen atoms in total. The Labute approximate surface area is 134 Å². The molecule has 0 heterocycles. The van der Waals surface area contributed by atoms with E-state index in [0.29, 0.717) is 5.57 Å². The van der Waals surface area contributed by atoms with Crippen molar-refractivity contribution < 1.29 is 4.39 Å². The van der Waals surface area contributed by atoms with Crippen LogP contribution in [-0.2, 0) is 0 Å². The summed E-state index contributed by atoms with van der Waals surface area (Å²) in [4.78, 5) is 0. The number of benzene rings is 4. The van der Waals surface area contributed by atoms with Crippen molar-refractivity contribution in [3.8, 4) is 0 Å². The Kier molecular flexibility index (Phi) is 3.39. The second-order valence-corrected chi connectivity index (χ2v) is 5.58. The molecule has 0 radical (unpaired) electrons. The van der Waals surface area contributed by atoms with Crippen molar-refractivity contribution in [2.75, 3.05) is 0 Å². The summed E-state index contributed by atoms with van der Waals surface area (Å²) in [6, 6.07) is 28.2. The number of hydrogen-bond donors (Lipinski definition) is 0. The molecule has 0 atom stereocenters. The molecule has 4 aromatic rings. The van der Waals surface area contributed by atoms with Gasteiger partial charge in [-0.25, -0.2) is 4.39 Å². The molecule has 23 heavy (non-hydrogen) atoms. The van der Waals surface area contributed by atoms with Crippen LogP contribution >= 0.6 is 0 Å². The molecular weight excluding hydrogens is 283 g/mol. The smallest absolute Gasteiger partial charge is 0.0951 e. The first-order valence-corrected chi connectivity index (χ1v) is 7.65. The van der Waals surface area contributed by atoms with E-state index in [1.54, 1.807) is 0 Å². The Bertz CT molecular complexity index is 936. The van der Waals surface area contributed by atoms with Gasteiger partial charge in [-0.15, -0.1) is 0 Å². The lowest BCUT2D eigenvalue weighted by atomic mass is 9.91. The van der Waals surface area contributed by atoms with Crippen molar-refractivity contribution in [2.45, 2.75) is 0 Å². The van der Waals surface area contributed by atoms with Crippen LogP contribution in [0, 0.1) is 0 Å². The molecule has 0 spiro atoms. The molecule has 4 aromatic carbocycles. The average Bonchev–Trinajstić information content (AvgIpc) is 2.63. The zero-order valence-corrected chi connectivity index (χ0v) is 12.5. The van der Waals surface area contributed by atoms with E-state index in [4.69, 9.17) is 0 Å². The molecule has 1 heteroatoms. The summed E-state index contributed by atoms with van der Waals surface area (Å²) in [5.74, 6) is 0. The molecule has 0 aromatic heterocycles. The Balaban J connectivity index is 2.02. The topological polar surface area (TPSA) is 0 Å². The molecule has 0 N–H and O–H groups in total. The van der Waals surface area contributed by atoms with Crippen molar-refractivity contribution in [3.05, 3.63) is 102 Å². The third kappa shape index (κ3) is 2.31. The largest absolute Gasteiger partial charge is 0.215 e. The summed E-state index contributed by atoms with van der Waals surface area (Å²) in [7, 11) is 0. The van der Waals surface area contributed by atoms with Gasteiger partial charge in [-0.1, -0.05) is 84.9 Å². The van der Waals surface area contributed by atoms with Crippen LogP contribution in [0.5, 0.6) is 0 Å². The molecule has 0 amide bonds. The molecule has 110 valence electrons. The molecule has 0 saturated carbocycles. The normalized spacial score (nSPS) is 10.8. The zero-order chi connectivity index (χ0) is 15.6. The standard InChI is InChI=1S/C22H15F/c23-15-22(20-13-5-9-16-7-1-3-11-18(16)20)21-14-6-10-17-8-2-4-12-19(17)21/h1-15H. The number of rotatable bonds is 2.